The first-order valence-electron chi connectivity index (χ1n) is 8.50. The average Bonchev–Trinajstić information content (AvgIpc) is 3.15. The van der Waals surface area contributed by atoms with Gasteiger partial charge < -0.3 is 15.5 Å². The van der Waals surface area contributed by atoms with Crippen LogP contribution in [0.5, 0.6) is 0 Å². The fourth-order valence-corrected chi connectivity index (χ4v) is 3.31. The summed E-state index contributed by atoms with van der Waals surface area (Å²) in [5.41, 5.74) is 9.21. The predicted molar refractivity (Wildman–Crippen MR) is 98.3 cm³/mol. The number of H-pyrrole nitrogens is 1. The van der Waals surface area contributed by atoms with Crippen molar-refractivity contribution in [2.75, 3.05) is 31.1 Å². The molecule has 1 aliphatic heterocycles. The van der Waals surface area contributed by atoms with Crippen LogP contribution in [0, 0.1) is 0 Å². The molecule has 1 fully saturated rings. The molecule has 3 N–H and O–H groups in total. The maximum atomic E-state index is 12.7. The summed E-state index contributed by atoms with van der Waals surface area (Å²) in [4.78, 5) is 16.8. The van der Waals surface area contributed by atoms with Gasteiger partial charge in [-0.1, -0.05) is 30.3 Å². The Morgan fingerprint density at radius 2 is 1.84 bits per heavy atom. The summed E-state index contributed by atoms with van der Waals surface area (Å²) in [5.74, 6) is -0.00358. The fourth-order valence-electron chi connectivity index (χ4n) is 3.31. The van der Waals surface area contributed by atoms with Crippen LogP contribution in [0.15, 0.2) is 54.7 Å². The van der Waals surface area contributed by atoms with E-state index in [1.807, 2.05) is 47.5 Å². The van der Waals surface area contributed by atoms with Gasteiger partial charge in [-0.25, -0.2) is 0 Å². The van der Waals surface area contributed by atoms with Crippen molar-refractivity contribution in [3.8, 4) is 0 Å². The van der Waals surface area contributed by atoms with Crippen molar-refractivity contribution in [3.63, 3.8) is 0 Å². The highest BCUT2D eigenvalue weighted by molar-refractivity contribution is 5.84. The molecule has 128 valence electrons. The van der Waals surface area contributed by atoms with E-state index in [0.717, 1.165) is 35.2 Å². The van der Waals surface area contributed by atoms with E-state index in [9.17, 15) is 4.79 Å². The number of nitrogens with one attached hydrogen (secondary N) is 1. The van der Waals surface area contributed by atoms with Crippen LogP contribution in [0.1, 0.15) is 11.6 Å². The van der Waals surface area contributed by atoms with Gasteiger partial charge in [0.25, 0.3) is 0 Å². The summed E-state index contributed by atoms with van der Waals surface area (Å²) in [5, 5.41) is 8.12. The second kappa shape index (κ2) is 6.57. The van der Waals surface area contributed by atoms with Gasteiger partial charge in [-0.2, -0.15) is 5.10 Å². The molecular weight excluding hydrogens is 314 g/mol. The smallest absolute Gasteiger partial charge is 0.244 e. The highest BCUT2D eigenvalue weighted by Crippen LogP contribution is 2.22. The number of nitrogens with zero attached hydrogens (tertiary/aromatic N) is 3. The number of hydrogen-bond acceptors (Lipinski definition) is 4. The number of anilines is 1. The van der Waals surface area contributed by atoms with Crippen molar-refractivity contribution in [2.45, 2.75) is 6.04 Å². The van der Waals surface area contributed by atoms with Gasteiger partial charge in [-0.15, -0.1) is 0 Å². The van der Waals surface area contributed by atoms with Gasteiger partial charge in [-0.05, 0) is 23.8 Å². The lowest BCUT2D eigenvalue weighted by Crippen LogP contribution is -2.51. The molecule has 1 aliphatic rings. The standard InChI is InChI=1S/C19H21N5O/c20-18(14-4-2-1-3-5-14)19(25)24-10-8-23(9-11-24)16-6-7-17-15(12-16)13-21-22-17/h1-7,12-13,18H,8-11,20H2,(H,21,22)/t18-/m0/s1. The number of aromatic nitrogens is 2. The summed E-state index contributed by atoms with van der Waals surface area (Å²) < 4.78 is 0. The summed E-state index contributed by atoms with van der Waals surface area (Å²) in [6.07, 6.45) is 1.83. The van der Waals surface area contributed by atoms with Gasteiger partial charge in [0.1, 0.15) is 6.04 Å². The molecule has 6 nitrogen and oxygen atoms in total. The topological polar surface area (TPSA) is 78.3 Å². The molecule has 0 radical (unpaired) electrons. The number of carbonyl (C=O) groups is 1. The summed E-state index contributed by atoms with van der Waals surface area (Å²) >= 11 is 0. The Hall–Kier alpha value is -2.86. The lowest BCUT2D eigenvalue weighted by molar-refractivity contribution is -0.133. The van der Waals surface area contributed by atoms with Gasteiger partial charge in [0.15, 0.2) is 0 Å². The van der Waals surface area contributed by atoms with E-state index < -0.39 is 6.04 Å². The minimum Gasteiger partial charge on any atom is -0.368 e. The van der Waals surface area contributed by atoms with Crippen LogP contribution in [0.25, 0.3) is 10.9 Å². The van der Waals surface area contributed by atoms with E-state index in [1.165, 1.54) is 0 Å². The van der Waals surface area contributed by atoms with E-state index in [-0.39, 0.29) is 5.91 Å². The first kappa shape index (κ1) is 15.7. The number of carbonyl (C=O) groups excluding carboxylic acids is 1. The molecule has 1 amide bonds. The largest absolute Gasteiger partial charge is 0.368 e. The van der Waals surface area contributed by atoms with Crippen LogP contribution in [-0.4, -0.2) is 47.2 Å². The summed E-state index contributed by atoms with van der Waals surface area (Å²) in [7, 11) is 0. The minimum atomic E-state index is -0.588. The third-order valence-corrected chi connectivity index (χ3v) is 4.81. The molecule has 3 aromatic rings. The Balaban J connectivity index is 1.41. The molecule has 1 atom stereocenters. The first-order chi connectivity index (χ1) is 12.2. The fraction of sp³-hybridized carbons (Fsp3) is 0.263. The lowest BCUT2D eigenvalue weighted by atomic mass is 10.1. The zero-order valence-corrected chi connectivity index (χ0v) is 13.9. The van der Waals surface area contributed by atoms with Gasteiger partial charge in [-0.3, -0.25) is 9.89 Å². The van der Waals surface area contributed by atoms with E-state index in [2.05, 4.69) is 27.2 Å². The SMILES string of the molecule is N[C@H](C(=O)N1CCN(c2ccc3[nH]ncc3c2)CC1)c1ccccc1. The van der Waals surface area contributed by atoms with Gasteiger partial charge >= 0.3 is 0 Å². The van der Waals surface area contributed by atoms with Crippen LogP contribution in [-0.2, 0) is 4.79 Å². The third kappa shape index (κ3) is 3.08. The van der Waals surface area contributed by atoms with Crippen LogP contribution < -0.4 is 10.6 Å². The van der Waals surface area contributed by atoms with Crippen LogP contribution >= 0.6 is 0 Å². The number of aromatic amines is 1. The van der Waals surface area contributed by atoms with Crippen molar-refractivity contribution in [1.82, 2.24) is 15.1 Å². The van der Waals surface area contributed by atoms with Crippen LogP contribution in [0.2, 0.25) is 0 Å². The van der Waals surface area contributed by atoms with Crippen LogP contribution in [0.4, 0.5) is 5.69 Å². The second-order valence-corrected chi connectivity index (χ2v) is 6.34. The highest BCUT2D eigenvalue weighted by Gasteiger charge is 2.26. The normalized spacial score (nSPS) is 16.2. The molecule has 0 unspecified atom stereocenters. The van der Waals surface area contributed by atoms with E-state index in [1.54, 1.807) is 0 Å². The molecule has 6 heteroatoms. The van der Waals surface area contributed by atoms with Gasteiger partial charge in [0.05, 0.1) is 11.7 Å². The minimum absolute atomic E-state index is 0.00358. The molecule has 0 spiro atoms. The average molecular weight is 335 g/mol. The monoisotopic (exact) mass is 335 g/mol. The quantitative estimate of drug-likeness (QED) is 0.766. The van der Waals surface area contributed by atoms with E-state index in [0.29, 0.717) is 13.1 Å². The molecule has 0 saturated carbocycles. The number of rotatable bonds is 3. The Labute approximate surface area is 146 Å². The Morgan fingerprint density at radius 1 is 1.08 bits per heavy atom. The first-order valence-corrected chi connectivity index (χ1v) is 8.50. The number of piperazine rings is 1. The molecule has 1 aromatic heterocycles. The predicted octanol–water partition coefficient (Wildman–Crippen LogP) is 1.91. The number of benzene rings is 2. The van der Waals surface area contributed by atoms with E-state index >= 15 is 0 Å². The molecule has 0 bridgehead atoms. The maximum absolute atomic E-state index is 12.7. The number of amides is 1. The molecule has 2 heterocycles. The molecule has 2 aromatic carbocycles. The Kier molecular flexibility index (Phi) is 4.11. The van der Waals surface area contributed by atoms with Crippen molar-refractivity contribution in [2.24, 2.45) is 5.73 Å². The molecule has 0 aliphatic carbocycles. The highest BCUT2D eigenvalue weighted by atomic mass is 16.2. The Bertz CT molecular complexity index is 868. The lowest BCUT2D eigenvalue weighted by Gasteiger charge is -2.37. The molecule has 4 rings (SSSR count). The van der Waals surface area contributed by atoms with Crippen molar-refractivity contribution >= 4 is 22.5 Å². The van der Waals surface area contributed by atoms with Crippen molar-refractivity contribution in [1.29, 1.82) is 0 Å². The molecule has 25 heavy (non-hydrogen) atoms. The van der Waals surface area contributed by atoms with Crippen LogP contribution in [0.3, 0.4) is 0 Å². The summed E-state index contributed by atoms with van der Waals surface area (Å²) in [6, 6.07) is 15.2. The maximum Gasteiger partial charge on any atom is 0.244 e. The van der Waals surface area contributed by atoms with Gasteiger partial charge in [0.2, 0.25) is 5.91 Å². The number of fused-ring (bicyclic) bond motifs is 1. The number of nitrogens with two attached hydrogens (primary N) is 1. The zero-order chi connectivity index (χ0) is 17.2. The zero-order valence-electron chi connectivity index (χ0n) is 13.9. The van der Waals surface area contributed by atoms with E-state index in [4.69, 9.17) is 5.73 Å². The third-order valence-electron chi connectivity index (χ3n) is 4.81. The van der Waals surface area contributed by atoms with Crippen molar-refractivity contribution < 1.29 is 4.79 Å². The number of hydrogen-bond donors (Lipinski definition) is 2. The summed E-state index contributed by atoms with van der Waals surface area (Å²) in [6.45, 7) is 2.97. The van der Waals surface area contributed by atoms with Gasteiger partial charge in [0, 0.05) is 37.3 Å². The molecule has 1 saturated heterocycles. The second-order valence-electron chi connectivity index (χ2n) is 6.34. The van der Waals surface area contributed by atoms with Crippen molar-refractivity contribution in [3.05, 3.63) is 60.3 Å². The molecular formula is C19H21N5O. The Morgan fingerprint density at radius 3 is 2.60 bits per heavy atom.